The number of aliphatic carboxylic acids is 1. The summed E-state index contributed by atoms with van der Waals surface area (Å²) in [6.07, 6.45) is 13.1. The molecule has 0 bridgehead atoms. The fraction of sp³-hybridized carbons (Fsp3) is 0.914. The van der Waals surface area contributed by atoms with Crippen molar-refractivity contribution in [1.29, 1.82) is 0 Å². The Hall–Kier alpha value is -2.03. The first kappa shape index (κ1) is 60.1. The Kier molecular flexibility index (Phi) is 24.7. The van der Waals surface area contributed by atoms with E-state index in [4.69, 9.17) is 0 Å². The van der Waals surface area contributed by atoms with E-state index in [0.29, 0.717) is 6.42 Å². The molecular weight excluding hydrogens is 888 g/mol. The van der Waals surface area contributed by atoms with Gasteiger partial charge in [0.05, 0.1) is 0 Å². The molecule has 0 unspecified atom stereocenters. The minimum atomic E-state index is -9.01. The molecule has 25 heteroatoms. The van der Waals surface area contributed by atoms with Crippen LogP contribution < -0.4 is 5.11 Å². The van der Waals surface area contributed by atoms with Gasteiger partial charge >= 0.3 is 186 Å². The number of unbranched alkanes of at least 4 members (excludes halogenated alkanes) is 16. The summed E-state index contributed by atoms with van der Waals surface area (Å²) in [6, 6.07) is 0. The quantitative estimate of drug-likeness (QED) is 0.0299. The van der Waals surface area contributed by atoms with Crippen molar-refractivity contribution in [2.45, 2.75) is 202 Å². The normalized spacial score (nSPS) is 13.8. The van der Waals surface area contributed by atoms with Gasteiger partial charge in [-0.25, -0.2) is 0 Å². The average molecular weight is 937 g/mol. The van der Waals surface area contributed by atoms with E-state index in [-0.39, 0.29) is 5.78 Å². The number of ketones is 1. The first-order valence-electron chi connectivity index (χ1n) is 18.8. The van der Waals surface area contributed by atoms with Crippen LogP contribution in [0.1, 0.15) is 143 Å². The molecule has 60 heavy (non-hydrogen) atoms. The Labute approximate surface area is 340 Å². The molecule has 0 aromatic rings. The number of carbonyl (C=O) groups excluding carboxylic acids is 3. The van der Waals surface area contributed by atoms with Crippen molar-refractivity contribution in [1.82, 2.24) is 0 Å². The summed E-state index contributed by atoms with van der Waals surface area (Å²) in [6.45, 7) is 4.10. The molecule has 0 spiro atoms. The van der Waals surface area contributed by atoms with Gasteiger partial charge in [0.2, 0.25) is 0 Å². The molecule has 354 valence electrons. The van der Waals surface area contributed by atoms with E-state index in [1.54, 1.807) is 0 Å². The monoisotopic (exact) mass is 936 g/mol. The molecule has 5 nitrogen and oxygen atoms in total. The van der Waals surface area contributed by atoms with Crippen LogP contribution in [0.25, 0.3) is 0 Å². The minimum Gasteiger partial charge on any atom is -0.550 e. The van der Waals surface area contributed by atoms with Crippen LogP contribution in [-0.2, 0) is 18.2 Å². The number of Topliss-reactive ketones (excluding diaryl/α,β-unsaturated/α-hetero) is 1. The third-order valence-electron chi connectivity index (χ3n) is 8.77. The zero-order valence-electron chi connectivity index (χ0n) is 32.8. The van der Waals surface area contributed by atoms with Gasteiger partial charge in [-0.1, -0.05) is 110 Å². The largest absolute Gasteiger partial charge is 0.550 e. The number of hydrogen-bond acceptors (Lipinski definition) is 5. The Balaban J connectivity index is 0. The van der Waals surface area contributed by atoms with Crippen molar-refractivity contribution in [2.75, 3.05) is 0 Å². The first-order valence-corrected chi connectivity index (χ1v) is 19.9. The standard InChI is InChI=1S/C22H42O3.C10F19O.C3H7O.Al/c1-2-3-4-5-6-7-8-9-10-11-12-13-14-15-16-17-18-19-21(23)20-22(24)25;11-2(12,1-30)3(13,14)4(15,16)5(17,18)6(19,20)7(21,22)8(23,24)9(25,26)10(27,28)29;1-3(2)4;/h2-20H2,1H3,(H,24,25);;3H,1-2H3;/q;;-1;+2/p-1. The molecule has 0 aromatic carbocycles. The van der Waals surface area contributed by atoms with Crippen molar-refractivity contribution in [3.63, 3.8) is 0 Å². The van der Waals surface area contributed by atoms with Crippen LogP contribution in [0, 0.1) is 0 Å². The van der Waals surface area contributed by atoms with Crippen LogP contribution in [0.2, 0.25) is 0 Å². The number of halogens is 19. The number of carboxylic acid groups (broad SMARTS) is 1. The summed E-state index contributed by atoms with van der Waals surface area (Å²) in [7, 11) is 0. The second-order valence-electron chi connectivity index (χ2n) is 14.3. The summed E-state index contributed by atoms with van der Waals surface area (Å²) in [5.41, 5.74) is 0. The Morgan fingerprint density at radius 1 is 0.467 bits per heavy atom. The fourth-order valence-electron chi connectivity index (χ4n) is 5.08. The summed E-state index contributed by atoms with van der Waals surface area (Å²) < 4.78 is 249. The third-order valence-corrected chi connectivity index (χ3v) is 10.0. The van der Waals surface area contributed by atoms with Crippen LogP contribution in [-0.4, -0.2) is 91.6 Å². The van der Waals surface area contributed by atoms with Gasteiger partial charge in [0.15, 0.2) is 0 Å². The van der Waals surface area contributed by atoms with Crippen LogP contribution in [0.3, 0.4) is 0 Å². The van der Waals surface area contributed by atoms with Crippen LogP contribution in [0.4, 0.5) is 83.4 Å². The number of hydrogen-bond donors (Lipinski definition) is 0. The van der Waals surface area contributed by atoms with Gasteiger partial charge in [-0.15, -0.1) is 0 Å². The van der Waals surface area contributed by atoms with E-state index >= 15 is 0 Å². The molecule has 0 radical (unpaired) electrons. The van der Waals surface area contributed by atoms with Crippen molar-refractivity contribution >= 4 is 32.0 Å². The van der Waals surface area contributed by atoms with E-state index in [9.17, 15) is 103 Å². The van der Waals surface area contributed by atoms with Gasteiger partial charge in [0.1, 0.15) is 5.78 Å². The Bertz CT molecular complexity index is 1290. The Morgan fingerprint density at radius 3 is 1.03 bits per heavy atom. The maximum Gasteiger partial charge on any atom is 0.138 e. The molecule has 0 aliphatic rings. The second-order valence-corrected chi connectivity index (χ2v) is 15.3. The summed E-state index contributed by atoms with van der Waals surface area (Å²) in [5, 5.41) is 10.3. The fourth-order valence-corrected chi connectivity index (χ4v) is 5.81. The zero-order valence-corrected chi connectivity index (χ0v) is 34.0. The molecule has 0 atom stereocenters. The second kappa shape index (κ2) is 24.7. The predicted octanol–water partition coefficient (Wildman–Crippen LogP) is 11.9. The van der Waals surface area contributed by atoms with E-state index < -0.39 is 92.2 Å². The van der Waals surface area contributed by atoms with Gasteiger partial charge in [0.25, 0.3) is 0 Å². The third kappa shape index (κ3) is 15.6. The van der Waals surface area contributed by atoms with Crippen molar-refractivity contribution in [3.05, 3.63) is 0 Å². The van der Waals surface area contributed by atoms with E-state index in [1.165, 1.54) is 89.9 Å². The molecule has 0 aromatic heterocycles. The predicted molar refractivity (Wildman–Crippen MR) is 176 cm³/mol. The summed E-state index contributed by atoms with van der Waals surface area (Å²) in [5.74, 6) is -69.4. The molecule has 0 aliphatic heterocycles. The van der Waals surface area contributed by atoms with Gasteiger partial charge in [-0.2, -0.15) is 0 Å². The molecule has 0 N–H and O–H groups in total. The Morgan fingerprint density at radius 2 is 0.750 bits per heavy atom. The zero-order chi connectivity index (χ0) is 47.7. The van der Waals surface area contributed by atoms with Gasteiger partial charge in [-0.05, 0) is 6.42 Å². The first-order chi connectivity index (χ1) is 27.0. The number of rotatable bonds is 31. The number of carbonyl (C=O) groups is 3. The van der Waals surface area contributed by atoms with Gasteiger partial charge in [-0.3, -0.25) is 4.79 Å². The minimum absolute atomic E-state index is 0.194. The van der Waals surface area contributed by atoms with E-state index in [0.717, 1.165) is 33.1 Å². The van der Waals surface area contributed by atoms with Gasteiger partial charge < -0.3 is 9.90 Å². The maximum absolute atomic E-state index is 13.6. The smallest absolute Gasteiger partial charge is 0.138 e. The molecule has 0 aliphatic carbocycles. The molecule has 0 saturated carbocycles. The van der Waals surface area contributed by atoms with Crippen molar-refractivity contribution in [2.24, 2.45) is 0 Å². The van der Waals surface area contributed by atoms with Crippen LogP contribution in [0.5, 0.6) is 0 Å². The molecule has 0 amide bonds. The topological polar surface area (TPSA) is 83.5 Å². The molecule has 0 heterocycles. The average Bonchev–Trinajstić information content (AvgIpc) is 3.10. The molecule has 0 rings (SSSR count). The SMILES string of the molecule is CC(C)[O][Al+][C](=O)C(F)(F)C(F)(F)C(F)(F)C(F)(F)C(F)(F)C(F)(F)C(F)(F)C(F)(F)C(F)(F)F.CCCCCCCCCCCCCCCCCCCC(=O)CC(=O)[O-]. The van der Waals surface area contributed by atoms with E-state index in [1.807, 2.05) is 0 Å². The number of alkyl halides is 19. The molecule has 0 fully saturated rings. The van der Waals surface area contributed by atoms with Crippen LogP contribution >= 0.6 is 0 Å². The summed E-state index contributed by atoms with van der Waals surface area (Å²) in [4.78, 5) is 32.5. The molecular formula is C35H48AlF19O5. The van der Waals surface area contributed by atoms with E-state index in [2.05, 4.69) is 10.7 Å². The summed E-state index contributed by atoms with van der Waals surface area (Å²) >= 11 is -3.17. The maximum atomic E-state index is 13.6. The van der Waals surface area contributed by atoms with Crippen molar-refractivity contribution in [3.8, 4) is 0 Å². The number of carboxylic acids is 1. The van der Waals surface area contributed by atoms with Crippen LogP contribution in [0.15, 0.2) is 0 Å². The van der Waals surface area contributed by atoms with Crippen molar-refractivity contribution < 1.29 is 107 Å². The van der Waals surface area contributed by atoms with Gasteiger partial charge in [0, 0.05) is 18.8 Å². The molecule has 0 saturated heterocycles.